The van der Waals surface area contributed by atoms with Gasteiger partial charge in [0, 0.05) is 78.6 Å². The number of carboxylic acid groups (broad SMARTS) is 2. The van der Waals surface area contributed by atoms with Gasteiger partial charge in [-0.05, 0) is 210 Å². The molecule has 133 heavy (non-hydrogen) atoms. The van der Waals surface area contributed by atoms with E-state index in [1.54, 1.807) is 81.4 Å². The summed E-state index contributed by atoms with van der Waals surface area (Å²) in [5.41, 5.74) is 2.91. The number of alkyl carbamates (subject to hydrolysis) is 3. The molecule has 0 spiro atoms. The molecule has 31 heteroatoms. The summed E-state index contributed by atoms with van der Waals surface area (Å²) in [6.45, 7) is 36.3. The zero-order valence-corrected chi connectivity index (χ0v) is 84.4. The number of nitrogens with one attached hydrogen (secondary N) is 3. The van der Waals surface area contributed by atoms with Crippen LogP contribution in [0.3, 0.4) is 0 Å². The molecular formula is C102H140ClN7O21Si2. The Morgan fingerprint density at radius 2 is 0.654 bits per heavy atom. The number of ether oxygens (including phenoxy) is 3. The highest BCUT2D eigenvalue weighted by molar-refractivity contribution is 6.71. The summed E-state index contributed by atoms with van der Waals surface area (Å²) in [7, 11) is 1.90. The lowest BCUT2D eigenvalue weighted by atomic mass is 9.92. The van der Waals surface area contributed by atoms with Crippen molar-refractivity contribution in [3.8, 4) is 11.5 Å². The van der Waals surface area contributed by atoms with Crippen LogP contribution >= 0.6 is 11.6 Å². The van der Waals surface area contributed by atoms with Gasteiger partial charge in [-0.25, -0.2) is 19.2 Å². The van der Waals surface area contributed by atoms with E-state index in [0.29, 0.717) is 5.56 Å². The number of hydrogen-bond donors (Lipinski definition) is 6. The molecule has 0 saturated carbocycles. The van der Waals surface area contributed by atoms with Gasteiger partial charge < -0.3 is 73.9 Å². The van der Waals surface area contributed by atoms with Crippen LogP contribution in [0.15, 0.2) is 200 Å². The van der Waals surface area contributed by atoms with Gasteiger partial charge in [0.15, 0.2) is 11.6 Å². The molecule has 0 aliphatic rings. The molecule has 0 fully saturated rings. The van der Waals surface area contributed by atoms with Gasteiger partial charge in [-0.1, -0.05) is 197 Å². The van der Waals surface area contributed by atoms with E-state index >= 15 is 0 Å². The first-order valence-corrected chi connectivity index (χ1v) is 51.7. The van der Waals surface area contributed by atoms with Crippen molar-refractivity contribution in [1.82, 2.24) is 35.6 Å². The highest BCUT2D eigenvalue weighted by atomic mass is 35.5. The van der Waals surface area contributed by atoms with Crippen molar-refractivity contribution in [3.05, 3.63) is 239 Å². The third-order valence-corrected chi connectivity index (χ3v) is 23.2. The predicted molar refractivity (Wildman–Crippen MR) is 520 cm³/mol. The number of hydrogen-bond acceptors (Lipinski definition) is 19. The van der Waals surface area contributed by atoms with Gasteiger partial charge in [0.2, 0.25) is 45.5 Å². The lowest BCUT2D eigenvalue weighted by Crippen LogP contribution is -2.57. The first-order chi connectivity index (χ1) is 61.8. The number of phenolic OH excluding ortho intramolecular Hbond substituents is 1. The van der Waals surface area contributed by atoms with Crippen LogP contribution in [0.25, 0.3) is 0 Å². The topological polar surface area (TPSA) is 378 Å². The fraction of sp³-hybridized carbons (Fsp3) is 0.461. The minimum absolute atomic E-state index is 0.0426. The third-order valence-electron chi connectivity index (χ3n) is 21.0. The third kappa shape index (κ3) is 42.6. The van der Waals surface area contributed by atoms with Gasteiger partial charge in [-0.15, -0.1) is 0 Å². The maximum absolute atomic E-state index is 14.5. The van der Waals surface area contributed by atoms with Crippen molar-refractivity contribution in [3.63, 3.8) is 0 Å². The van der Waals surface area contributed by atoms with E-state index in [1.165, 1.54) is 66.8 Å². The molecule has 724 valence electrons. The number of rotatable bonds is 39. The summed E-state index contributed by atoms with van der Waals surface area (Å²) in [5.74, 6) is -6.51. The molecule has 0 aromatic heterocycles. The Labute approximate surface area is 792 Å². The maximum Gasteiger partial charge on any atom is 0.408 e. The standard InChI is InChI=1S/C44H63N3O8Si2.C38H47N3O8.C14H19NO4.C6H11ClO/c1-31(39(48)30-35(42(51)55-57(10,11)12)27-34-23-25-36(26-24-34)54-56(7,8)9)46(5)41(50)38(29-33-21-17-14-18-22-33)47(6)40(49)37(28-32-19-15-13-16-20-32)45-43(52)53-44(2,3)4;1-25(33(43)24-29(36(46)47)21-28-17-19-30(42)20-18-28)40(5)35(45)32(23-27-15-11-8-12-16-27)41(6)34(44)31(22-26-13-9-7-10-14-26)39-37(48)49-38(2,3)4;1-14(2,3)19-13(18)15-11(12(16)17)9-10-7-5-4-6-8-10;1-4-6(2,3)5(7)8/h13-26,31,35,37-38H,27-30H2,1-12H3,(H,45,52);7-20,25,29,31-32,42H,21-24H2,1-6H3,(H,39,48)(H,46,47);4-8,11H,9H2,1-3H3,(H,15,18)(H,16,17);4H2,1-3H3/t31-,35+,37-,38-;25-,29+,31-,32-;11-;/m000./s1. The molecule has 0 saturated heterocycles. The summed E-state index contributed by atoms with van der Waals surface area (Å²) >= 11 is 5.23. The fourth-order valence-electron chi connectivity index (χ4n) is 13.1. The van der Waals surface area contributed by atoms with Crippen molar-refractivity contribution in [2.24, 2.45) is 17.3 Å². The molecule has 7 amide bonds. The van der Waals surface area contributed by atoms with Gasteiger partial charge in [-0.3, -0.25) is 43.2 Å². The Morgan fingerprint density at radius 1 is 0.368 bits per heavy atom. The van der Waals surface area contributed by atoms with Gasteiger partial charge in [-0.2, -0.15) is 0 Å². The van der Waals surface area contributed by atoms with Crippen LogP contribution in [0.5, 0.6) is 11.5 Å². The van der Waals surface area contributed by atoms with E-state index in [2.05, 4.69) is 35.6 Å². The average Bonchev–Trinajstić information content (AvgIpc) is 0.817. The van der Waals surface area contributed by atoms with Crippen LogP contribution < -0.4 is 20.4 Å². The molecule has 7 rings (SSSR count). The number of likely N-dealkylation sites (N-methyl/N-ethyl adjacent to an activating group) is 4. The van der Waals surface area contributed by atoms with E-state index < -0.39 is 153 Å². The Bertz CT molecular complexity index is 4930. The number of carbonyl (C=O) groups excluding carboxylic acids is 11. The number of Topliss-reactive ketones (excluding diaryl/α,β-unsaturated/α-hetero) is 2. The van der Waals surface area contributed by atoms with Crippen molar-refractivity contribution in [1.29, 1.82) is 0 Å². The predicted octanol–water partition coefficient (Wildman–Crippen LogP) is 16.5. The van der Waals surface area contributed by atoms with Gasteiger partial charge in [0.05, 0.1) is 23.9 Å². The van der Waals surface area contributed by atoms with Crippen molar-refractivity contribution in [2.45, 2.75) is 260 Å². The van der Waals surface area contributed by atoms with Crippen LogP contribution in [-0.2, 0) is 112 Å². The zero-order chi connectivity index (χ0) is 100. The lowest BCUT2D eigenvalue weighted by molar-refractivity contribution is -0.148. The Hall–Kier alpha value is -12.0. The minimum Gasteiger partial charge on any atom is -0.544 e. The van der Waals surface area contributed by atoms with Gasteiger partial charge in [0.25, 0.3) is 5.97 Å². The fourth-order valence-corrected chi connectivity index (χ4v) is 14.9. The second-order valence-electron chi connectivity index (χ2n) is 38.6. The number of amides is 7. The summed E-state index contributed by atoms with van der Waals surface area (Å²) in [5, 5.41) is 36.1. The first-order valence-electron chi connectivity index (χ1n) is 44.5. The molecule has 0 unspecified atom stereocenters. The molecule has 0 aliphatic heterocycles. The summed E-state index contributed by atoms with van der Waals surface area (Å²) in [4.78, 5) is 175. The smallest absolute Gasteiger partial charge is 0.408 e. The number of aromatic hydroxyl groups is 1. The van der Waals surface area contributed by atoms with Crippen LogP contribution in [0.1, 0.15) is 155 Å². The molecule has 28 nitrogen and oxygen atoms in total. The van der Waals surface area contributed by atoms with Gasteiger partial charge in [0.1, 0.15) is 58.5 Å². The number of ketones is 2. The number of carbonyl (C=O) groups is 13. The number of phenols is 1. The van der Waals surface area contributed by atoms with E-state index in [9.17, 15) is 72.5 Å². The number of halogens is 1. The summed E-state index contributed by atoms with van der Waals surface area (Å²) in [6, 6.07) is 52.4. The second kappa shape index (κ2) is 52.4. The maximum atomic E-state index is 14.5. The van der Waals surface area contributed by atoms with Crippen LogP contribution in [0, 0.1) is 17.3 Å². The van der Waals surface area contributed by atoms with Crippen molar-refractivity contribution < 1.29 is 101 Å². The van der Waals surface area contributed by atoms with E-state index in [0.717, 1.165) is 45.6 Å². The van der Waals surface area contributed by atoms with E-state index in [4.69, 9.17) is 39.8 Å². The van der Waals surface area contributed by atoms with Crippen molar-refractivity contribution in [2.75, 3.05) is 28.2 Å². The Kier molecular flexibility index (Phi) is 44.7. The zero-order valence-electron chi connectivity index (χ0n) is 81.7. The number of benzene rings is 7. The monoisotopic (exact) mass is 1890 g/mol. The number of nitrogens with zero attached hydrogens (tertiary/aromatic N) is 4. The Balaban J connectivity index is 0.000000437. The summed E-state index contributed by atoms with van der Waals surface area (Å²) < 4.78 is 28.0. The number of carboxylic acids is 2. The first kappa shape index (κ1) is 113. The molecule has 6 N–H and O–H groups in total. The molecule has 7 aromatic rings. The highest BCUT2D eigenvalue weighted by Gasteiger charge is 2.41. The van der Waals surface area contributed by atoms with Crippen LogP contribution in [-0.4, -0.2) is 215 Å². The van der Waals surface area contributed by atoms with Crippen LogP contribution in [0.4, 0.5) is 14.4 Å². The quantitative estimate of drug-likeness (QED) is 0.0118. The molecule has 0 bridgehead atoms. The van der Waals surface area contributed by atoms with Gasteiger partial charge >= 0.3 is 30.2 Å². The van der Waals surface area contributed by atoms with Crippen LogP contribution in [0.2, 0.25) is 39.3 Å². The van der Waals surface area contributed by atoms with E-state index in [1.807, 2.05) is 216 Å². The van der Waals surface area contributed by atoms with Crippen molar-refractivity contribution >= 4 is 105 Å². The summed E-state index contributed by atoms with van der Waals surface area (Å²) in [6.07, 6.45) is -0.819. The molecule has 7 aromatic carbocycles. The molecule has 0 heterocycles. The second-order valence-corrected chi connectivity index (χ2v) is 47.8. The van der Waals surface area contributed by atoms with E-state index in [-0.39, 0.29) is 80.0 Å². The molecular weight excluding hydrogens is 1750 g/mol. The lowest BCUT2D eigenvalue weighted by Gasteiger charge is -2.35. The Morgan fingerprint density at radius 3 is 0.932 bits per heavy atom. The SMILES string of the molecule is CC(C)(C)OC(=O)N[C@@H](Cc1ccccc1)C(=O)O.CCC(C)(C)C(=O)Cl.C[C@@H](C(=O)C[C@@H](Cc1ccc(O)cc1)C(=O)O)N(C)C(=O)[C@H](Cc1ccccc1)N(C)C(=O)[C@H](Cc1ccccc1)NC(=O)OC(C)(C)C.C[C@@H](C(=O)C[C@@H](Cc1ccc(O[Si](C)(C)C)cc1)C(=O)O[Si](C)(C)C)N(C)C(=O)[C@H](Cc1ccccc1)N(C)C(=O)[C@H](Cc1ccccc1)NC(=O)OC(C)(C)C. The highest BCUT2D eigenvalue weighted by Crippen LogP contribution is 2.28. The largest absolute Gasteiger partial charge is 0.544 e. The molecule has 9 atom stereocenters. The normalized spacial score (nSPS) is 13.5. The molecule has 0 radical (unpaired) electrons. The minimum atomic E-state index is -2.30. The average molecular weight is 1890 g/mol. The number of aliphatic carboxylic acids is 2. The molecule has 0 aliphatic carbocycles.